The smallest absolute Gasteiger partial charge is 0.220 e. The van der Waals surface area contributed by atoms with Gasteiger partial charge in [-0.3, -0.25) is 9.69 Å². The van der Waals surface area contributed by atoms with E-state index in [1.54, 1.807) is 0 Å². The van der Waals surface area contributed by atoms with Gasteiger partial charge in [0.2, 0.25) is 5.91 Å². The van der Waals surface area contributed by atoms with E-state index in [1.807, 2.05) is 0 Å². The second-order valence-corrected chi connectivity index (χ2v) is 8.49. The Morgan fingerprint density at radius 2 is 1.85 bits per heavy atom. The van der Waals surface area contributed by atoms with Crippen molar-refractivity contribution in [3.8, 4) is 0 Å². The number of nitrogens with zero attached hydrogens (tertiary/aromatic N) is 2. The van der Waals surface area contributed by atoms with Crippen LogP contribution in [0.15, 0.2) is 24.3 Å². The summed E-state index contributed by atoms with van der Waals surface area (Å²) in [4.78, 5) is 16.9. The van der Waals surface area contributed by atoms with E-state index in [9.17, 15) is 4.79 Å². The van der Waals surface area contributed by atoms with Gasteiger partial charge in [0.05, 0.1) is 0 Å². The van der Waals surface area contributed by atoms with Gasteiger partial charge in [-0.2, -0.15) is 0 Å². The first-order valence-corrected chi connectivity index (χ1v) is 11.0. The number of benzene rings is 1. The fourth-order valence-corrected chi connectivity index (χ4v) is 4.54. The Morgan fingerprint density at radius 1 is 1.11 bits per heavy atom. The van der Waals surface area contributed by atoms with E-state index in [0.717, 1.165) is 25.4 Å². The van der Waals surface area contributed by atoms with Crippen LogP contribution in [0, 0.1) is 12.8 Å². The Morgan fingerprint density at radius 3 is 2.52 bits per heavy atom. The molecular weight excluding hydrogens is 334 g/mol. The number of rotatable bonds is 7. The number of aryl methyl sites for hydroxylation is 1. The molecule has 0 bridgehead atoms. The summed E-state index contributed by atoms with van der Waals surface area (Å²) in [5, 5.41) is 3.22. The maximum absolute atomic E-state index is 11.8. The highest BCUT2D eigenvalue weighted by Gasteiger charge is 2.23. The van der Waals surface area contributed by atoms with Crippen molar-refractivity contribution in [2.24, 2.45) is 5.92 Å². The van der Waals surface area contributed by atoms with Crippen molar-refractivity contribution in [3.63, 3.8) is 0 Å². The number of hydrogen-bond acceptors (Lipinski definition) is 3. The molecule has 1 aromatic carbocycles. The molecule has 150 valence electrons. The Bertz CT molecular complexity index is 587. The van der Waals surface area contributed by atoms with E-state index < -0.39 is 0 Å². The van der Waals surface area contributed by atoms with Crippen molar-refractivity contribution in [3.05, 3.63) is 29.8 Å². The van der Waals surface area contributed by atoms with Gasteiger partial charge >= 0.3 is 0 Å². The minimum Gasteiger partial charge on any atom is -0.369 e. The standard InChI is InChI=1S/C23H37N3O/c1-3-5-23(27)24-21-10-8-20(9-11-21)12-13-25-14-16-26(17-15-25)22-7-4-6-19(2)18-22/h4,6-7,18,20-21H,3,5,8-17H2,1-2H3,(H,24,27). The van der Waals surface area contributed by atoms with Gasteiger partial charge in [0.25, 0.3) is 0 Å². The first-order valence-electron chi connectivity index (χ1n) is 11.0. The molecule has 1 aromatic rings. The normalized spacial score (nSPS) is 24.0. The van der Waals surface area contributed by atoms with E-state index in [2.05, 4.69) is 53.2 Å². The molecule has 3 rings (SSSR count). The Kier molecular flexibility index (Phi) is 7.57. The summed E-state index contributed by atoms with van der Waals surface area (Å²) in [7, 11) is 0. The quantitative estimate of drug-likeness (QED) is 0.787. The molecule has 1 amide bonds. The third kappa shape index (κ3) is 6.24. The van der Waals surface area contributed by atoms with Crippen LogP contribution in [0.3, 0.4) is 0 Å². The monoisotopic (exact) mass is 371 g/mol. The fourth-order valence-electron chi connectivity index (χ4n) is 4.54. The van der Waals surface area contributed by atoms with Crippen LogP contribution in [0.25, 0.3) is 0 Å². The Hall–Kier alpha value is -1.55. The van der Waals surface area contributed by atoms with E-state index in [0.29, 0.717) is 12.5 Å². The van der Waals surface area contributed by atoms with Crippen LogP contribution in [0.4, 0.5) is 5.69 Å². The zero-order valence-corrected chi connectivity index (χ0v) is 17.3. The van der Waals surface area contributed by atoms with Crippen molar-refractivity contribution in [1.29, 1.82) is 0 Å². The Labute approximate surface area is 165 Å². The molecule has 0 radical (unpaired) electrons. The second-order valence-electron chi connectivity index (χ2n) is 8.49. The third-order valence-corrected chi connectivity index (χ3v) is 6.28. The first kappa shape index (κ1) is 20.2. The molecule has 0 aromatic heterocycles. The van der Waals surface area contributed by atoms with Crippen molar-refractivity contribution >= 4 is 11.6 Å². The molecule has 1 saturated carbocycles. The van der Waals surface area contributed by atoms with Gasteiger partial charge in [0, 0.05) is 44.3 Å². The van der Waals surface area contributed by atoms with E-state index >= 15 is 0 Å². The highest BCUT2D eigenvalue weighted by atomic mass is 16.1. The lowest BCUT2D eigenvalue weighted by molar-refractivity contribution is -0.122. The van der Waals surface area contributed by atoms with Crippen LogP contribution in [-0.4, -0.2) is 49.6 Å². The van der Waals surface area contributed by atoms with Gasteiger partial charge in [0.15, 0.2) is 0 Å². The lowest BCUT2D eigenvalue weighted by atomic mass is 9.84. The summed E-state index contributed by atoms with van der Waals surface area (Å²) in [5.41, 5.74) is 2.72. The van der Waals surface area contributed by atoms with Crippen LogP contribution < -0.4 is 10.2 Å². The summed E-state index contributed by atoms with van der Waals surface area (Å²) in [6.45, 7) is 10.1. The lowest BCUT2D eigenvalue weighted by Gasteiger charge is -2.37. The average molecular weight is 372 g/mol. The molecule has 1 heterocycles. The minimum atomic E-state index is 0.243. The topological polar surface area (TPSA) is 35.6 Å². The largest absolute Gasteiger partial charge is 0.369 e. The summed E-state index contributed by atoms with van der Waals surface area (Å²) in [6.07, 6.45) is 7.83. The predicted octanol–water partition coefficient (Wildman–Crippen LogP) is 3.98. The summed E-state index contributed by atoms with van der Waals surface area (Å²) in [6, 6.07) is 9.30. The molecule has 0 atom stereocenters. The van der Waals surface area contributed by atoms with Crippen LogP contribution in [0.2, 0.25) is 0 Å². The van der Waals surface area contributed by atoms with Gasteiger partial charge in [0.1, 0.15) is 0 Å². The number of nitrogens with one attached hydrogen (secondary N) is 1. The summed E-state index contributed by atoms with van der Waals surface area (Å²) in [5.74, 6) is 1.09. The Balaban J connectivity index is 1.32. The van der Waals surface area contributed by atoms with Crippen molar-refractivity contribution in [1.82, 2.24) is 10.2 Å². The zero-order valence-electron chi connectivity index (χ0n) is 17.3. The molecule has 1 N–H and O–H groups in total. The van der Waals surface area contributed by atoms with Crippen molar-refractivity contribution < 1.29 is 4.79 Å². The number of carbonyl (C=O) groups excluding carboxylic acids is 1. The molecule has 0 spiro atoms. The number of amides is 1. The zero-order chi connectivity index (χ0) is 19.1. The van der Waals surface area contributed by atoms with Gasteiger partial charge in [-0.25, -0.2) is 0 Å². The molecule has 4 nitrogen and oxygen atoms in total. The molecule has 4 heteroatoms. The van der Waals surface area contributed by atoms with E-state index in [-0.39, 0.29) is 5.91 Å². The molecule has 1 aliphatic heterocycles. The molecule has 2 aliphatic rings. The van der Waals surface area contributed by atoms with Gasteiger partial charge in [-0.15, -0.1) is 0 Å². The van der Waals surface area contributed by atoms with Gasteiger partial charge < -0.3 is 10.2 Å². The summed E-state index contributed by atoms with van der Waals surface area (Å²) >= 11 is 0. The van der Waals surface area contributed by atoms with Crippen LogP contribution in [0.1, 0.15) is 57.4 Å². The molecule has 1 aliphatic carbocycles. The van der Waals surface area contributed by atoms with Crippen LogP contribution >= 0.6 is 0 Å². The first-order chi connectivity index (χ1) is 13.1. The van der Waals surface area contributed by atoms with Crippen molar-refractivity contribution in [2.45, 2.75) is 64.8 Å². The van der Waals surface area contributed by atoms with E-state index in [4.69, 9.17) is 0 Å². The highest BCUT2D eigenvalue weighted by Crippen LogP contribution is 2.27. The molecule has 27 heavy (non-hydrogen) atoms. The fraction of sp³-hybridized carbons (Fsp3) is 0.696. The maximum atomic E-state index is 11.8. The summed E-state index contributed by atoms with van der Waals surface area (Å²) < 4.78 is 0. The minimum absolute atomic E-state index is 0.243. The number of anilines is 1. The lowest BCUT2D eigenvalue weighted by Crippen LogP contribution is -2.47. The number of piperazine rings is 1. The number of carbonyl (C=O) groups is 1. The van der Waals surface area contributed by atoms with Gasteiger partial charge in [-0.1, -0.05) is 19.1 Å². The second kappa shape index (κ2) is 10.1. The predicted molar refractivity (Wildman–Crippen MR) is 113 cm³/mol. The average Bonchev–Trinajstić information content (AvgIpc) is 2.68. The molecule has 1 saturated heterocycles. The highest BCUT2D eigenvalue weighted by molar-refractivity contribution is 5.76. The molecular formula is C23H37N3O. The third-order valence-electron chi connectivity index (χ3n) is 6.28. The maximum Gasteiger partial charge on any atom is 0.220 e. The van der Waals surface area contributed by atoms with Crippen LogP contribution in [-0.2, 0) is 4.79 Å². The van der Waals surface area contributed by atoms with Gasteiger partial charge in [-0.05, 0) is 75.6 Å². The molecule has 2 fully saturated rings. The van der Waals surface area contributed by atoms with Crippen molar-refractivity contribution in [2.75, 3.05) is 37.6 Å². The molecule has 0 unspecified atom stereocenters. The number of hydrogen-bond donors (Lipinski definition) is 1. The van der Waals surface area contributed by atoms with E-state index in [1.165, 1.54) is 63.0 Å². The van der Waals surface area contributed by atoms with Crippen LogP contribution in [0.5, 0.6) is 0 Å². The SMILES string of the molecule is CCCC(=O)NC1CCC(CCN2CCN(c3cccc(C)c3)CC2)CC1.